The highest BCUT2D eigenvalue weighted by molar-refractivity contribution is 5.76. The Labute approximate surface area is 99.4 Å². The third-order valence-electron chi connectivity index (χ3n) is 2.08. The van der Waals surface area contributed by atoms with Crippen LogP contribution in [0, 0.1) is 13.8 Å². The Morgan fingerprint density at radius 1 is 1.35 bits per heavy atom. The zero-order valence-corrected chi connectivity index (χ0v) is 10.4. The van der Waals surface area contributed by atoms with E-state index in [0.717, 1.165) is 16.6 Å². The van der Waals surface area contributed by atoms with Crippen LogP contribution in [0.25, 0.3) is 21.5 Å². The molecule has 0 fully saturated rings. The summed E-state index contributed by atoms with van der Waals surface area (Å²) in [5.41, 5.74) is 10.9. The maximum Gasteiger partial charge on any atom is 0.144 e. The predicted molar refractivity (Wildman–Crippen MR) is 66.3 cm³/mol. The first kappa shape index (κ1) is 12.9. The van der Waals surface area contributed by atoms with Gasteiger partial charge in [-0.05, 0) is 37.1 Å². The summed E-state index contributed by atoms with van der Waals surface area (Å²) in [6.45, 7) is 7.77. The minimum atomic E-state index is 0.642. The number of azide groups is 1. The molecule has 1 aromatic carbocycles. The largest absolute Gasteiger partial charge is 0.298 e. The van der Waals surface area contributed by atoms with Crippen molar-refractivity contribution >= 4 is 11.0 Å². The number of fused-ring (bicyclic) bond motifs is 1. The van der Waals surface area contributed by atoms with Crippen LogP contribution in [0.4, 0.5) is 0 Å². The Balaban J connectivity index is 0.000000686. The molecule has 0 saturated heterocycles. The summed E-state index contributed by atoms with van der Waals surface area (Å²) in [4.78, 5) is 11.7. The normalized spacial score (nSPS) is 9.18. The lowest BCUT2D eigenvalue weighted by molar-refractivity contribution is 0.117. The van der Waals surface area contributed by atoms with Crippen molar-refractivity contribution < 1.29 is 4.94 Å². The first-order chi connectivity index (χ1) is 8.22. The Morgan fingerprint density at radius 3 is 2.71 bits per heavy atom. The minimum Gasteiger partial charge on any atom is -0.298 e. The Bertz CT molecular complexity index is 554. The predicted octanol–water partition coefficient (Wildman–Crippen LogP) is 3.33. The highest BCUT2D eigenvalue weighted by Gasteiger charge is 2.07. The molecule has 0 aliphatic rings. The molecule has 0 aliphatic carbocycles. The molecule has 0 saturated carbocycles. The number of hydrogen-bond acceptors (Lipinski definition) is 3. The van der Waals surface area contributed by atoms with Gasteiger partial charge in [-0.15, -0.1) is 0 Å². The van der Waals surface area contributed by atoms with Crippen molar-refractivity contribution in [1.29, 1.82) is 0 Å². The van der Waals surface area contributed by atoms with Crippen LogP contribution in [0.1, 0.15) is 25.2 Å². The second-order valence-corrected chi connectivity index (χ2v) is 3.20. The first-order valence-electron chi connectivity index (χ1n) is 5.40. The van der Waals surface area contributed by atoms with Crippen LogP contribution >= 0.6 is 0 Å². The van der Waals surface area contributed by atoms with E-state index in [0.29, 0.717) is 5.82 Å². The van der Waals surface area contributed by atoms with E-state index in [1.165, 1.54) is 4.73 Å². The van der Waals surface area contributed by atoms with Crippen LogP contribution in [0.3, 0.4) is 0 Å². The van der Waals surface area contributed by atoms with Gasteiger partial charge in [-0.1, -0.05) is 19.9 Å². The molecule has 17 heavy (non-hydrogen) atoms. The summed E-state index contributed by atoms with van der Waals surface area (Å²) in [5, 5.41) is 3.05. The van der Waals surface area contributed by atoms with Gasteiger partial charge in [0.05, 0.1) is 5.52 Å². The van der Waals surface area contributed by atoms with Gasteiger partial charge < -0.3 is 0 Å². The van der Waals surface area contributed by atoms with Crippen molar-refractivity contribution in [3.05, 3.63) is 40.0 Å². The molecule has 6 heteroatoms. The summed E-state index contributed by atoms with van der Waals surface area (Å²) >= 11 is 0. The summed E-state index contributed by atoms with van der Waals surface area (Å²) in [6.07, 6.45) is 0. The van der Waals surface area contributed by atoms with Crippen molar-refractivity contribution in [2.24, 2.45) is 5.28 Å². The minimum absolute atomic E-state index is 0.642. The fourth-order valence-electron chi connectivity index (χ4n) is 1.44. The third kappa shape index (κ3) is 2.68. The molecule has 0 aliphatic heterocycles. The van der Waals surface area contributed by atoms with Crippen molar-refractivity contribution in [2.75, 3.05) is 0 Å². The molecule has 0 spiro atoms. The fraction of sp³-hybridized carbons (Fsp3) is 0.364. The summed E-state index contributed by atoms with van der Waals surface area (Å²) < 4.78 is 1.40. The molecular formula is C11H15N5O. The average Bonchev–Trinajstić information content (AvgIpc) is 2.64. The van der Waals surface area contributed by atoms with Gasteiger partial charge in [0, 0.05) is 4.91 Å². The van der Waals surface area contributed by atoms with Crippen LogP contribution < -0.4 is 4.94 Å². The lowest BCUT2D eigenvalue weighted by Crippen LogP contribution is -2.05. The van der Waals surface area contributed by atoms with E-state index < -0.39 is 0 Å². The second-order valence-electron chi connectivity index (χ2n) is 3.20. The molecule has 0 unspecified atom stereocenters. The molecule has 2 rings (SSSR count). The van der Waals surface area contributed by atoms with Crippen LogP contribution in [0.2, 0.25) is 0 Å². The Kier molecular flexibility index (Phi) is 4.37. The number of benzene rings is 1. The molecule has 1 heterocycles. The maximum absolute atomic E-state index is 8.17. The van der Waals surface area contributed by atoms with Crippen molar-refractivity contribution in [3.63, 3.8) is 0 Å². The average molecular weight is 233 g/mol. The van der Waals surface area contributed by atoms with Gasteiger partial charge in [0.25, 0.3) is 0 Å². The number of hydrogen-bond donors (Lipinski definition) is 0. The molecule has 6 nitrogen and oxygen atoms in total. The van der Waals surface area contributed by atoms with Gasteiger partial charge in [-0.2, -0.15) is 4.73 Å². The van der Waals surface area contributed by atoms with Gasteiger partial charge in [0.1, 0.15) is 16.6 Å². The highest BCUT2D eigenvalue weighted by atomic mass is 16.8. The molecular weight excluding hydrogens is 218 g/mol. The van der Waals surface area contributed by atoms with Crippen LogP contribution in [-0.2, 0) is 0 Å². The van der Waals surface area contributed by atoms with E-state index in [4.69, 9.17) is 10.5 Å². The van der Waals surface area contributed by atoms with Crippen molar-refractivity contribution in [1.82, 2.24) is 9.71 Å². The number of rotatable bonds is 2. The SMILES string of the molecule is CC.Cc1ccc2c(c1)nc(C)n2ON=[N+]=[N-]. The van der Waals surface area contributed by atoms with Gasteiger partial charge >= 0.3 is 0 Å². The van der Waals surface area contributed by atoms with E-state index in [2.05, 4.69) is 15.2 Å². The Hall–Kier alpha value is -2.20. The second kappa shape index (κ2) is 5.77. The van der Waals surface area contributed by atoms with E-state index in [9.17, 15) is 0 Å². The molecule has 1 aromatic heterocycles. The van der Waals surface area contributed by atoms with Crippen molar-refractivity contribution in [3.8, 4) is 0 Å². The van der Waals surface area contributed by atoms with Crippen LogP contribution in [-0.4, -0.2) is 9.71 Å². The zero-order valence-electron chi connectivity index (χ0n) is 10.4. The molecule has 0 radical (unpaired) electrons. The lowest BCUT2D eigenvalue weighted by Gasteiger charge is -2.00. The Morgan fingerprint density at radius 2 is 2.06 bits per heavy atom. The molecule has 0 amide bonds. The molecule has 0 bridgehead atoms. The molecule has 0 atom stereocenters. The van der Waals surface area contributed by atoms with Gasteiger partial charge in [0.15, 0.2) is 0 Å². The first-order valence-corrected chi connectivity index (χ1v) is 5.40. The van der Waals surface area contributed by atoms with Gasteiger partial charge in [-0.25, -0.2) is 4.98 Å². The van der Waals surface area contributed by atoms with E-state index in [-0.39, 0.29) is 0 Å². The monoisotopic (exact) mass is 233 g/mol. The topological polar surface area (TPSA) is 75.8 Å². The summed E-state index contributed by atoms with van der Waals surface area (Å²) in [5.74, 6) is 0.642. The number of nitrogens with zero attached hydrogens (tertiary/aromatic N) is 5. The lowest BCUT2D eigenvalue weighted by atomic mass is 10.2. The van der Waals surface area contributed by atoms with Gasteiger partial charge in [0.2, 0.25) is 0 Å². The standard InChI is InChI=1S/C9H9N5O.C2H6/c1-6-3-4-9-8(5-6)11-7(2)14(9)15-13-12-10;1-2/h3-5H,1-2H3;1-2H3. The van der Waals surface area contributed by atoms with E-state index in [1.54, 1.807) is 6.92 Å². The van der Waals surface area contributed by atoms with Crippen LogP contribution in [0.15, 0.2) is 23.5 Å². The molecule has 0 N–H and O–H groups in total. The number of aryl methyl sites for hydroxylation is 2. The van der Waals surface area contributed by atoms with Crippen LogP contribution in [0.5, 0.6) is 0 Å². The quantitative estimate of drug-likeness (QED) is 0.345. The smallest absolute Gasteiger partial charge is 0.144 e. The number of imidazole rings is 1. The highest BCUT2D eigenvalue weighted by Crippen LogP contribution is 2.16. The van der Waals surface area contributed by atoms with Crippen molar-refractivity contribution in [2.45, 2.75) is 27.7 Å². The maximum atomic E-state index is 8.17. The number of aromatic nitrogens is 2. The van der Waals surface area contributed by atoms with Gasteiger partial charge in [-0.3, -0.25) is 4.94 Å². The van der Waals surface area contributed by atoms with E-state index in [1.807, 2.05) is 39.0 Å². The summed E-state index contributed by atoms with van der Waals surface area (Å²) in [6, 6.07) is 5.76. The summed E-state index contributed by atoms with van der Waals surface area (Å²) in [7, 11) is 0. The third-order valence-corrected chi connectivity index (χ3v) is 2.08. The fourth-order valence-corrected chi connectivity index (χ4v) is 1.44. The van der Waals surface area contributed by atoms with E-state index >= 15 is 0 Å². The molecule has 2 aromatic rings. The molecule has 90 valence electrons. The zero-order chi connectivity index (χ0) is 12.8.